The normalized spacial score (nSPS) is 24.6. The number of halogens is 1. The largest absolute Gasteiger partial charge is 0.348 e. The fourth-order valence-electron chi connectivity index (χ4n) is 3.99. The van der Waals surface area contributed by atoms with E-state index in [-0.39, 0.29) is 24.4 Å². The van der Waals surface area contributed by atoms with Gasteiger partial charge in [-0.2, -0.15) is 0 Å². The summed E-state index contributed by atoms with van der Waals surface area (Å²) in [4.78, 5) is 15.6. The number of amides is 1. The molecule has 1 amide bonds. The van der Waals surface area contributed by atoms with Gasteiger partial charge in [-0.3, -0.25) is 4.79 Å². The predicted molar refractivity (Wildman–Crippen MR) is 109 cm³/mol. The molecule has 1 unspecified atom stereocenters. The monoisotopic (exact) mass is 368 g/mol. The minimum atomic E-state index is 0. The van der Waals surface area contributed by atoms with E-state index in [9.17, 15) is 4.79 Å². The highest BCUT2D eigenvalue weighted by molar-refractivity contribution is 6.24. The Morgan fingerprint density at radius 3 is 2.15 bits per heavy atom. The molecule has 0 aromatic heterocycles. The van der Waals surface area contributed by atoms with Crippen molar-refractivity contribution < 1.29 is 4.79 Å². The van der Waals surface area contributed by atoms with Gasteiger partial charge in [0.15, 0.2) is 0 Å². The third kappa shape index (κ3) is 4.17. The minimum Gasteiger partial charge on any atom is -0.348 e. The van der Waals surface area contributed by atoms with Crippen LogP contribution >= 0.6 is 12.4 Å². The number of hydrogen-bond donors (Lipinski definition) is 1. The summed E-state index contributed by atoms with van der Waals surface area (Å²) >= 11 is 0. The van der Waals surface area contributed by atoms with Crippen molar-refractivity contribution in [3.05, 3.63) is 71.8 Å². The first-order valence-electron chi connectivity index (χ1n) is 9.15. The summed E-state index contributed by atoms with van der Waals surface area (Å²) in [6.45, 7) is 3.36. The lowest BCUT2D eigenvalue weighted by molar-refractivity contribution is -0.117. The van der Waals surface area contributed by atoms with Crippen LogP contribution in [0.2, 0.25) is 0 Å². The van der Waals surface area contributed by atoms with Crippen LogP contribution in [0.5, 0.6) is 0 Å². The smallest absolute Gasteiger partial charge is 0.252 e. The maximum absolute atomic E-state index is 13.1. The highest BCUT2D eigenvalue weighted by Gasteiger charge is 2.35. The number of benzene rings is 2. The lowest BCUT2D eigenvalue weighted by atomic mass is 9.84. The highest BCUT2D eigenvalue weighted by atomic mass is 35.5. The summed E-state index contributed by atoms with van der Waals surface area (Å²) in [5.41, 5.74) is 2.75. The molecule has 3 saturated heterocycles. The average molecular weight is 369 g/mol. The molecule has 1 atom stereocenters. The van der Waals surface area contributed by atoms with Crippen LogP contribution in [0.3, 0.4) is 0 Å². The summed E-state index contributed by atoms with van der Waals surface area (Å²) in [5, 5.41) is 3.32. The van der Waals surface area contributed by atoms with Crippen molar-refractivity contribution in [2.24, 2.45) is 5.92 Å². The van der Waals surface area contributed by atoms with Crippen molar-refractivity contribution >= 4 is 30.0 Å². The van der Waals surface area contributed by atoms with Crippen molar-refractivity contribution in [2.45, 2.75) is 18.9 Å². The van der Waals surface area contributed by atoms with Crippen molar-refractivity contribution in [2.75, 3.05) is 19.6 Å². The Morgan fingerprint density at radius 1 is 0.962 bits per heavy atom. The maximum atomic E-state index is 13.1. The van der Waals surface area contributed by atoms with E-state index < -0.39 is 0 Å². The quantitative estimate of drug-likeness (QED) is 0.656. The first-order chi connectivity index (χ1) is 12.3. The minimum absolute atomic E-state index is 0. The molecule has 0 saturated carbocycles. The molecule has 0 spiro atoms. The SMILES string of the molecule is Cl.O=C(NC1CN2CCC1CC2)C(=Cc1ccccc1)c1ccccc1. The molecule has 4 heteroatoms. The molecule has 26 heavy (non-hydrogen) atoms. The molecule has 0 aliphatic carbocycles. The maximum Gasteiger partial charge on any atom is 0.252 e. The number of carbonyl (C=O) groups is 1. The van der Waals surface area contributed by atoms with Gasteiger partial charge in [-0.1, -0.05) is 60.7 Å². The van der Waals surface area contributed by atoms with E-state index >= 15 is 0 Å². The molecule has 3 nitrogen and oxygen atoms in total. The van der Waals surface area contributed by atoms with E-state index in [4.69, 9.17) is 0 Å². The van der Waals surface area contributed by atoms with Gasteiger partial charge in [-0.05, 0) is 49.1 Å². The van der Waals surface area contributed by atoms with Gasteiger partial charge < -0.3 is 10.2 Å². The van der Waals surface area contributed by atoms with Gasteiger partial charge >= 0.3 is 0 Å². The Kier molecular flexibility index (Phi) is 6.12. The molecule has 0 radical (unpaired) electrons. The fourth-order valence-corrected chi connectivity index (χ4v) is 3.99. The zero-order chi connectivity index (χ0) is 17.1. The number of hydrogen-bond acceptors (Lipinski definition) is 2. The summed E-state index contributed by atoms with van der Waals surface area (Å²) < 4.78 is 0. The molecule has 2 aromatic carbocycles. The Bertz CT molecular complexity index is 752. The van der Waals surface area contributed by atoms with Crippen molar-refractivity contribution in [1.82, 2.24) is 10.2 Å². The van der Waals surface area contributed by atoms with Crippen LogP contribution in [0.15, 0.2) is 60.7 Å². The molecular weight excluding hydrogens is 344 g/mol. The van der Waals surface area contributed by atoms with Gasteiger partial charge in [-0.15, -0.1) is 12.4 Å². The molecule has 5 rings (SSSR count). The second-order valence-corrected chi connectivity index (χ2v) is 7.05. The van der Waals surface area contributed by atoms with Crippen molar-refractivity contribution in [3.63, 3.8) is 0 Å². The number of carbonyl (C=O) groups excluding carboxylic acids is 1. The molecule has 2 aromatic rings. The van der Waals surface area contributed by atoms with E-state index in [2.05, 4.69) is 10.2 Å². The fraction of sp³-hybridized carbons (Fsp3) is 0.318. The molecule has 3 aliphatic heterocycles. The zero-order valence-electron chi connectivity index (χ0n) is 14.8. The lowest BCUT2D eigenvalue weighted by Gasteiger charge is -2.45. The van der Waals surface area contributed by atoms with E-state index in [1.54, 1.807) is 0 Å². The van der Waals surface area contributed by atoms with Gasteiger partial charge in [0.25, 0.3) is 5.91 Å². The zero-order valence-corrected chi connectivity index (χ0v) is 15.6. The number of nitrogens with one attached hydrogen (secondary N) is 1. The standard InChI is InChI=1S/C22H24N2O.ClH/c25-22(23-21-16-24-13-11-19(21)12-14-24)20(18-9-5-2-6-10-18)15-17-7-3-1-4-8-17;/h1-10,15,19,21H,11-14,16H2,(H,23,25);1H. The lowest BCUT2D eigenvalue weighted by Crippen LogP contribution is -2.57. The number of fused-ring (bicyclic) bond motifs is 3. The van der Waals surface area contributed by atoms with Crippen LogP contribution in [-0.2, 0) is 4.79 Å². The summed E-state index contributed by atoms with van der Waals surface area (Å²) in [7, 11) is 0. The second kappa shape index (κ2) is 8.52. The van der Waals surface area contributed by atoms with Gasteiger partial charge in [0, 0.05) is 18.2 Å². The van der Waals surface area contributed by atoms with Crippen LogP contribution in [0, 0.1) is 5.92 Å². The molecule has 3 heterocycles. The Hall–Kier alpha value is -2.10. The molecule has 2 bridgehead atoms. The van der Waals surface area contributed by atoms with Crippen LogP contribution in [0.1, 0.15) is 24.0 Å². The van der Waals surface area contributed by atoms with Gasteiger partial charge in [0.1, 0.15) is 0 Å². The van der Waals surface area contributed by atoms with E-state index in [1.165, 1.54) is 25.9 Å². The Balaban J connectivity index is 0.00000196. The average Bonchev–Trinajstić information content (AvgIpc) is 2.68. The Morgan fingerprint density at radius 2 is 1.58 bits per heavy atom. The number of piperidine rings is 3. The molecule has 136 valence electrons. The van der Waals surface area contributed by atoms with Crippen molar-refractivity contribution in [3.8, 4) is 0 Å². The van der Waals surface area contributed by atoms with Gasteiger partial charge in [-0.25, -0.2) is 0 Å². The topological polar surface area (TPSA) is 32.3 Å². The number of nitrogens with zero attached hydrogens (tertiary/aromatic N) is 1. The van der Waals surface area contributed by atoms with Gasteiger partial charge in [0.05, 0.1) is 0 Å². The summed E-state index contributed by atoms with van der Waals surface area (Å²) in [6, 6.07) is 20.3. The van der Waals surface area contributed by atoms with E-state index in [0.29, 0.717) is 5.92 Å². The molecular formula is C22H25ClN2O. The molecule has 3 aliphatic rings. The number of rotatable bonds is 4. The highest BCUT2D eigenvalue weighted by Crippen LogP contribution is 2.28. The first-order valence-corrected chi connectivity index (χ1v) is 9.15. The van der Waals surface area contributed by atoms with Crippen LogP contribution < -0.4 is 5.32 Å². The third-order valence-corrected chi connectivity index (χ3v) is 5.41. The second-order valence-electron chi connectivity index (χ2n) is 7.05. The summed E-state index contributed by atoms with van der Waals surface area (Å²) in [6.07, 6.45) is 4.40. The summed E-state index contributed by atoms with van der Waals surface area (Å²) in [5.74, 6) is 0.663. The van der Waals surface area contributed by atoms with Crippen LogP contribution in [-0.4, -0.2) is 36.5 Å². The Labute approximate surface area is 161 Å². The van der Waals surface area contributed by atoms with Crippen molar-refractivity contribution in [1.29, 1.82) is 0 Å². The van der Waals surface area contributed by atoms with Gasteiger partial charge in [0.2, 0.25) is 0 Å². The first kappa shape index (κ1) is 18.7. The molecule has 3 fully saturated rings. The predicted octanol–water partition coefficient (Wildman–Crippen LogP) is 3.86. The van der Waals surface area contributed by atoms with Crippen LogP contribution in [0.4, 0.5) is 0 Å². The third-order valence-electron chi connectivity index (χ3n) is 5.41. The molecule has 1 N–H and O–H groups in total. The van der Waals surface area contributed by atoms with E-state index in [1.807, 2.05) is 66.7 Å². The van der Waals surface area contributed by atoms with Crippen LogP contribution in [0.25, 0.3) is 11.6 Å². The van der Waals surface area contributed by atoms with E-state index in [0.717, 1.165) is 23.2 Å².